The summed E-state index contributed by atoms with van der Waals surface area (Å²) in [6.45, 7) is 5.89. The Morgan fingerprint density at radius 2 is 2.07 bits per heavy atom. The van der Waals surface area contributed by atoms with Gasteiger partial charge in [0, 0.05) is 5.56 Å². The van der Waals surface area contributed by atoms with Crippen LogP contribution in [0.15, 0.2) is 18.2 Å². The maximum absolute atomic E-state index is 11.1. The van der Waals surface area contributed by atoms with Crippen LogP contribution in [0.2, 0.25) is 0 Å². The van der Waals surface area contributed by atoms with E-state index in [4.69, 9.17) is 0 Å². The second kappa shape index (κ2) is 4.94. The summed E-state index contributed by atoms with van der Waals surface area (Å²) in [5, 5.41) is 0. The van der Waals surface area contributed by atoms with Crippen LogP contribution in [0.4, 0.5) is 0 Å². The van der Waals surface area contributed by atoms with Crippen LogP contribution in [0.25, 0.3) is 0 Å². The van der Waals surface area contributed by atoms with Crippen molar-refractivity contribution in [1.29, 1.82) is 0 Å². The number of carbonyl (C=O) groups excluding carboxylic acids is 1. The Morgan fingerprint density at radius 1 is 1.36 bits per heavy atom. The van der Waals surface area contributed by atoms with Gasteiger partial charge in [0.25, 0.3) is 0 Å². The summed E-state index contributed by atoms with van der Waals surface area (Å²) < 4.78 is 0. The number of benzene rings is 1. The van der Waals surface area contributed by atoms with Crippen molar-refractivity contribution >= 4 is 5.78 Å². The molecule has 1 aromatic carbocycles. The number of unbranched alkanes of at least 4 members (excludes halogenated alkanes) is 1. The van der Waals surface area contributed by atoms with Crippen molar-refractivity contribution in [2.75, 3.05) is 0 Å². The molecule has 0 saturated carbocycles. The van der Waals surface area contributed by atoms with E-state index in [1.54, 1.807) is 6.92 Å². The molecule has 0 aromatic heterocycles. The van der Waals surface area contributed by atoms with Gasteiger partial charge in [0.05, 0.1) is 0 Å². The lowest BCUT2D eigenvalue weighted by Gasteiger charge is -2.06. The topological polar surface area (TPSA) is 17.1 Å². The molecule has 0 amide bonds. The summed E-state index contributed by atoms with van der Waals surface area (Å²) in [6.07, 6.45) is 3.56. The minimum atomic E-state index is 0.148. The van der Waals surface area contributed by atoms with Crippen LogP contribution >= 0.6 is 0 Å². The van der Waals surface area contributed by atoms with Gasteiger partial charge in [0.2, 0.25) is 0 Å². The van der Waals surface area contributed by atoms with Crippen molar-refractivity contribution in [2.45, 2.75) is 40.0 Å². The zero-order chi connectivity index (χ0) is 10.6. The Balaban J connectivity index is 2.84. The molecule has 0 spiro atoms. The summed E-state index contributed by atoms with van der Waals surface area (Å²) in [6, 6.07) is 6.01. The van der Waals surface area contributed by atoms with Crippen molar-refractivity contribution < 1.29 is 4.79 Å². The molecular formula is C13H18O. The summed E-state index contributed by atoms with van der Waals surface area (Å²) in [5.74, 6) is 0.148. The van der Waals surface area contributed by atoms with Crippen LogP contribution in [-0.2, 0) is 6.42 Å². The van der Waals surface area contributed by atoms with Crippen molar-refractivity contribution in [1.82, 2.24) is 0 Å². The van der Waals surface area contributed by atoms with E-state index in [1.165, 1.54) is 24.0 Å². The molecule has 1 heteroatoms. The van der Waals surface area contributed by atoms with Gasteiger partial charge < -0.3 is 0 Å². The Hall–Kier alpha value is -1.11. The molecule has 1 rings (SSSR count). The summed E-state index contributed by atoms with van der Waals surface area (Å²) in [4.78, 5) is 11.1. The minimum Gasteiger partial charge on any atom is -0.295 e. The first-order chi connectivity index (χ1) is 6.65. The smallest absolute Gasteiger partial charge is 0.159 e. The van der Waals surface area contributed by atoms with Gasteiger partial charge in [-0.2, -0.15) is 0 Å². The summed E-state index contributed by atoms with van der Waals surface area (Å²) in [7, 11) is 0. The SMILES string of the molecule is CCCCc1ccc(C(C)=O)cc1C. The lowest BCUT2D eigenvalue weighted by molar-refractivity contribution is 0.101. The van der Waals surface area contributed by atoms with E-state index < -0.39 is 0 Å². The Bertz CT molecular complexity index is 326. The Morgan fingerprint density at radius 3 is 2.57 bits per heavy atom. The third kappa shape index (κ3) is 2.69. The van der Waals surface area contributed by atoms with Crippen LogP contribution < -0.4 is 0 Å². The lowest BCUT2D eigenvalue weighted by Crippen LogP contribution is -1.96. The molecule has 0 atom stereocenters. The molecule has 1 aromatic rings. The molecule has 0 bridgehead atoms. The van der Waals surface area contributed by atoms with Gasteiger partial charge in [-0.05, 0) is 43.9 Å². The third-order valence-corrected chi connectivity index (χ3v) is 2.55. The van der Waals surface area contributed by atoms with Crippen LogP contribution in [0.1, 0.15) is 48.2 Å². The molecular weight excluding hydrogens is 172 g/mol. The van der Waals surface area contributed by atoms with Gasteiger partial charge >= 0.3 is 0 Å². The molecule has 14 heavy (non-hydrogen) atoms. The van der Waals surface area contributed by atoms with Crippen molar-refractivity contribution in [3.63, 3.8) is 0 Å². The van der Waals surface area contributed by atoms with Gasteiger partial charge in [-0.25, -0.2) is 0 Å². The number of aryl methyl sites for hydroxylation is 2. The van der Waals surface area contributed by atoms with Crippen LogP contribution in [0, 0.1) is 6.92 Å². The highest BCUT2D eigenvalue weighted by Crippen LogP contribution is 2.14. The highest BCUT2D eigenvalue weighted by Gasteiger charge is 2.02. The Labute approximate surface area is 86.1 Å². The minimum absolute atomic E-state index is 0.148. The van der Waals surface area contributed by atoms with E-state index in [2.05, 4.69) is 19.9 Å². The predicted octanol–water partition coefficient (Wildman–Crippen LogP) is 3.54. The number of rotatable bonds is 4. The molecule has 0 N–H and O–H groups in total. The largest absolute Gasteiger partial charge is 0.295 e. The molecule has 0 aliphatic carbocycles. The van der Waals surface area contributed by atoms with Crippen molar-refractivity contribution in [3.05, 3.63) is 34.9 Å². The van der Waals surface area contributed by atoms with Gasteiger partial charge in [0.1, 0.15) is 0 Å². The standard InChI is InChI=1S/C13H18O/c1-4-5-6-12-7-8-13(11(3)14)9-10(12)2/h7-9H,4-6H2,1-3H3. The van der Waals surface area contributed by atoms with E-state index in [0.717, 1.165) is 12.0 Å². The first kappa shape index (κ1) is 11.0. The van der Waals surface area contributed by atoms with Crippen molar-refractivity contribution in [2.24, 2.45) is 0 Å². The van der Waals surface area contributed by atoms with Gasteiger partial charge in [-0.15, -0.1) is 0 Å². The fourth-order valence-electron chi connectivity index (χ4n) is 1.56. The maximum Gasteiger partial charge on any atom is 0.159 e. The average molecular weight is 190 g/mol. The molecule has 0 aliphatic heterocycles. The number of hydrogen-bond acceptors (Lipinski definition) is 1. The first-order valence-electron chi connectivity index (χ1n) is 5.25. The predicted molar refractivity (Wildman–Crippen MR) is 59.8 cm³/mol. The van der Waals surface area contributed by atoms with E-state index in [9.17, 15) is 4.79 Å². The van der Waals surface area contributed by atoms with E-state index >= 15 is 0 Å². The van der Waals surface area contributed by atoms with Gasteiger partial charge in [-0.1, -0.05) is 25.5 Å². The number of ketones is 1. The molecule has 0 radical (unpaired) electrons. The zero-order valence-corrected chi connectivity index (χ0v) is 9.26. The summed E-state index contributed by atoms with van der Waals surface area (Å²) in [5.41, 5.74) is 3.44. The van der Waals surface area contributed by atoms with Crippen LogP contribution in [-0.4, -0.2) is 5.78 Å². The quantitative estimate of drug-likeness (QED) is 0.664. The molecule has 0 unspecified atom stereocenters. The van der Waals surface area contributed by atoms with E-state index in [1.807, 2.05) is 12.1 Å². The number of Topliss-reactive ketones (excluding diaryl/α,β-unsaturated/α-hetero) is 1. The highest BCUT2D eigenvalue weighted by molar-refractivity contribution is 5.94. The number of carbonyl (C=O) groups is 1. The highest BCUT2D eigenvalue weighted by atomic mass is 16.1. The molecule has 1 nitrogen and oxygen atoms in total. The van der Waals surface area contributed by atoms with E-state index in [0.29, 0.717) is 0 Å². The number of hydrogen-bond donors (Lipinski definition) is 0. The monoisotopic (exact) mass is 190 g/mol. The van der Waals surface area contributed by atoms with Gasteiger partial charge in [-0.3, -0.25) is 4.79 Å². The fourth-order valence-corrected chi connectivity index (χ4v) is 1.56. The average Bonchev–Trinajstić information content (AvgIpc) is 2.15. The van der Waals surface area contributed by atoms with Crippen molar-refractivity contribution in [3.8, 4) is 0 Å². The normalized spacial score (nSPS) is 10.2. The Kier molecular flexibility index (Phi) is 3.87. The lowest BCUT2D eigenvalue weighted by atomic mass is 9.99. The second-order valence-corrected chi connectivity index (χ2v) is 3.80. The molecule has 76 valence electrons. The first-order valence-corrected chi connectivity index (χ1v) is 5.25. The van der Waals surface area contributed by atoms with Crippen LogP contribution in [0.3, 0.4) is 0 Å². The third-order valence-electron chi connectivity index (χ3n) is 2.55. The van der Waals surface area contributed by atoms with Gasteiger partial charge in [0.15, 0.2) is 5.78 Å². The summed E-state index contributed by atoms with van der Waals surface area (Å²) >= 11 is 0. The second-order valence-electron chi connectivity index (χ2n) is 3.80. The molecule has 0 saturated heterocycles. The zero-order valence-electron chi connectivity index (χ0n) is 9.26. The van der Waals surface area contributed by atoms with Crippen LogP contribution in [0.5, 0.6) is 0 Å². The molecule has 0 heterocycles. The van der Waals surface area contributed by atoms with E-state index in [-0.39, 0.29) is 5.78 Å². The maximum atomic E-state index is 11.1. The molecule has 0 aliphatic rings. The fraction of sp³-hybridized carbons (Fsp3) is 0.462. The molecule has 0 fully saturated rings.